The number of ether oxygens (including phenoxy) is 1. The van der Waals surface area contributed by atoms with Crippen molar-refractivity contribution in [2.24, 2.45) is 11.8 Å². The summed E-state index contributed by atoms with van der Waals surface area (Å²) in [6.45, 7) is 5.62. The first-order valence-corrected chi connectivity index (χ1v) is 6.14. The highest BCUT2D eigenvalue weighted by Gasteiger charge is 2.28. The summed E-state index contributed by atoms with van der Waals surface area (Å²) in [6.07, 6.45) is 4.49. The van der Waals surface area contributed by atoms with Crippen LogP contribution in [0.3, 0.4) is 0 Å². The molecule has 2 aliphatic heterocycles. The maximum Gasteiger partial charge on any atom is 0.228 e. The van der Waals surface area contributed by atoms with Gasteiger partial charge in [-0.25, -0.2) is 0 Å². The van der Waals surface area contributed by atoms with Gasteiger partial charge in [-0.05, 0) is 31.6 Å². The molecule has 2 unspecified atom stereocenters. The van der Waals surface area contributed by atoms with E-state index in [0.717, 1.165) is 32.5 Å². The van der Waals surface area contributed by atoms with Gasteiger partial charge in [-0.15, -0.1) is 0 Å². The Morgan fingerprint density at radius 1 is 1.33 bits per heavy atom. The molecular formula is C12H21NO2. The number of amides is 1. The van der Waals surface area contributed by atoms with E-state index in [0.29, 0.717) is 18.4 Å². The van der Waals surface area contributed by atoms with Crippen molar-refractivity contribution in [1.29, 1.82) is 0 Å². The Balaban J connectivity index is 1.88. The van der Waals surface area contributed by atoms with Crippen molar-refractivity contribution in [3.05, 3.63) is 0 Å². The van der Waals surface area contributed by atoms with Gasteiger partial charge in [0.2, 0.25) is 5.91 Å². The molecule has 2 heterocycles. The Bertz CT molecular complexity index is 224. The topological polar surface area (TPSA) is 29.5 Å². The molecule has 0 spiro atoms. The van der Waals surface area contributed by atoms with Crippen LogP contribution in [0.15, 0.2) is 0 Å². The number of carbonyl (C=O) groups is 1. The fourth-order valence-electron chi connectivity index (χ4n) is 2.58. The van der Waals surface area contributed by atoms with Crippen molar-refractivity contribution in [1.82, 2.24) is 4.90 Å². The second-order valence-electron chi connectivity index (χ2n) is 4.95. The van der Waals surface area contributed by atoms with Crippen LogP contribution in [0.25, 0.3) is 0 Å². The zero-order chi connectivity index (χ0) is 10.7. The van der Waals surface area contributed by atoms with Crippen LogP contribution in [0.2, 0.25) is 0 Å². The standard InChI is InChI=1S/C12H21NO2/c1-10-4-2-6-13(8-10)12(14)11-5-3-7-15-9-11/h10-11H,2-9H2,1H3. The molecule has 2 aliphatic rings. The molecular weight excluding hydrogens is 190 g/mol. The Morgan fingerprint density at radius 2 is 2.20 bits per heavy atom. The average Bonchev–Trinajstić information content (AvgIpc) is 2.29. The molecule has 2 fully saturated rings. The number of piperidine rings is 1. The summed E-state index contributed by atoms with van der Waals surface area (Å²) in [5, 5.41) is 0. The molecule has 3 heteroatoms. The normalized spacial score (nSPS) is 32.7. The van der Waals surface area contributed by atoms with Crippen molar-refractivity contribution in [2.75, 3.05) is 26.3 Å². The van der Waals surface area contributed by atoms with Crippen LogP contribution in [0, 0.1) is 11.8 Å². The number of carbonyl (C=O) groups excluding carboxylic acids is 1. The lowest BCUT2D eigenvalue weighted by molar-refractivity contribution is -0.141. The van der Waals surface area contributed by atoms with E-state index in [4.69, 9.17) is 4.74 Å². The van der Waals surface area contributed by atoms with Gasteiger partial charge in [-0.3, -0.25) is 4.79 Å². The van der Waals surface area contributed by atoms with E-state index in [1.54, 1.807) is 0 Å². The number of nitrogens with zero attached hydrogens (tertiary/aromatic N) is 1. The molecule has 86 valence electrons. The van der Waals surface area contributed by atoms with Gasteiger partial charge < -0.3 is 9.64 Å². The minimum Gasteiger partial charge on any atom is -0.381 e. The second-order valence-corrected chi connectivity index (χ2v) is 4.95. The van der Waals surface area contributed by atoms with E-state index in [9.17, 15) is 4.79 Å². The van der Waals surface area contributed by atoms with Gasteiger partial charge in [0.15, 0.2) is 0 Å². The van der Waals surface area contributed by atoms with Crippen LogP contribution < -0.4 is 0 Å². The van der Waals surface area contributed by atoms with Crippen LogP contribution in [0.1, 0.15) is 32.6 Å². The number of rotatable bonds is 1. The molecule has 2 saturated heterocycles. The lowest BCUT2D eigenvalue weighted by Gasteiger charge is -2.34. The zero-order valence-corrected chi connectivity index (χ0v) is 9.58. The SMILES string of the molecule is CC1CCCN(C(=O)C2CCCOC2)C1. The predicted molar refractivity (Wildman–Crippen MR) is 58.5 cm³/mol. The molecule has 15 heavy (non-hydrogen) atoms. The lowest BCUT2D eigenvalue weighted by Crippen LogP contribution is -2.44. The number of hydrogen-bond donors (Lipinski definition) is 0. The molecule has 1 amide bonds. The van der Waals surface area contributed by atoms with Crippen LogP contribution in [-0.2, 0) is 9.53 Å². The third-order valence-corrected chi connectivity index (χ3v) is 3.48. The van der Waals surface area contributed by atoms with Crippen molar-refractivity contribution in [3.8, 4) is 0 Å². The Hall–Kier alpha value is -0.570. The molecule has 0 aliphatic carbocycles. The van der Waals surface area contributed by atoms with Crippen molar-refractivity contribution in [2.45, 2.75) is 32.6 Å². The first-order chi connectivity index (χ1) is 7.27. The quantitative estimate of drug-likeness (QED) is 0.660. The number of likely N-dealkylation sites (tertiary alicyclic amines) is 1. The molecule has 0 bridgehead atoms. The first-order valence-electron chi connectivity index (χ1n) is 6.14. The predicted octanol–water partition coefficient (Wildman–Crippen LogP) is 1.67. The summed E-state index contributed by atoms with van der Waals surface area (Å²) in [5.41, 5.74) is 0. The maximum absolute atomic E-state index is 12.1. The Labute approximate surface area is 91.8 Å². The minimum atomic E-state index is 0.143. The van der Waals surface area contributed by atoms with Crippen LogP contribution >= 0.6 is 0 Å². The second kappa shape index (κ2) is 4.97. The largest absolute Gasteiger partial charge is 0.381 e. The highest BCUT2D eigenvalue weighted by molar-refractivity contribution is 5.79. The van der Waals surface area contributed by atoms with Crippen LogP contribution in [-0.4, -0.2) is 37.1 Å². The Morgan fingerprint density at radius 3 is 2.87 bits per heavy atom. The van der Waals surface area contributed by atoms with Gasteiger partial charge >= 0.3 is 0 Å². The first kappa shape index (κ1) is 10.9. The maximum atomic E-state index is 12.1. The van der Waals surface area contributed by atoms with E-state index < -0.39 is 0 Å². The van der Waals surface area contributed by atoms with E-state index in [1.807, 2.05) is 4.90 Å². The van der Waals surface area contributed by atoms with Gasteiger partial charge in [-0.1, -0.05) is 6.92 Å². The van der Waals surface area contributed by atoms with E-state index >= 15 is 0 Å². The Kier molecular flexibility index (Phi) is 3.62. The van der Waals surface area contributed by atoms with Gasteiger partial charge in [0.25, 0.3) is 0 Å². The minimum absolute atomic E-state index is 0.143. The van der Waals surface area contributed by atoms with Gasteiger partial charge in [0, 0.05) is 19.7 Å². The van der Waals surface area contributed by atoms with Crippen molar-refractivity contribution >= 4 is 5.91 Å². The molecule has 2 rings (SSSR count). The molecule has 0 aromatic heterocycles. The lowest BCUT2D eigenvalue weighted by atomic mass is 9.96. The molecule has 0 aromatic rings. The molecule has 0 saturated carbocycles. The van der Waals surface area contributed by atoms with Crippen LogP contribution in [0.4, 0.5) is 0 Å². The van der Waals surface area contributed by atoms with E-state index in [1.165, 1.54) is 12.8 Å². The fraction of sp³-hybridized carbons (Fsp3) is 0.917. The summed E-state index contributed by atoms with van der Waals surface area (Å²) in [5.74, 6) is 1.15. The van der Waals surface area contributed by atoms with E-state index in [-0.39, 0.29) is 5.92 Å². The molecule has 0 aromatic carbocycles. The third kappa shape index (κ3) is 2.71. The summed E-state index contributed by atoms with van der Waals surface area (Å²) in [7, 11) is 0. The highest BCUT2D eigenvalue weighted by atomic mass is 16.5. The highest BCUT2D eigenvalue weighted by Crippen LogP contribution is 2.21. The molecule has 3 nitrogen and oxygen atoms in total. The van der Waals surface area contributed by atoms with Gasteiger partial charge in [0.05, 0.1) is 12.5 Å². The van der Waals surface area contributed by atoms with Crippen molar-refractivity contribution in [3.63, 3.8) is 0 Å². The van der Waals surface area contributed by atoms with Crippen LogP contribution in [0.5, 0.6) is 0 Å². The monoisotopic (exact) mass is 211 g/mol. The third-order valence-electron chi connectivity index (χ3n) is 3.48. The summed E-state index contributed by atoms with van der Waals surface area (Å²) in [6, 6.07) is 0. The van der Waals surface area contributed by atoms with Gasteiger partial charge in [0.1, 0.15) is 0 Å². The fourth-order valence-corrected chi connectivity index (χ4v) is 2.58. The zero-order valence-electron chi connectivity index (χ0n) is 9.58. The molecule has 0 radical (unpaired) electrons. The summed E-state index contributed by atoms with van der Waals surface area (Å²) < 4.78 is 5.37. The van der Waals surface area contributed by atoms with E-state index in [2.05, 4.69) is 6.92 Å². The average molecular weight is 211 g/mol. The molecule has 2 atom stereocenters. The van der Waals surface area contributed by atoms with Crippen molar-refractivity contribution < 1.29 is 9.53 Å². The number of hydrogen-bond acceptors (Lipinski definition) is 2. The smallest absolute Gasteiger partial charge is 0.228 e. The summed E-state index contributed by atoms with van der Waals surface area (Å²) in [4.78, 5) is 14.2. The summed E-state index contributed by atoms with van der Waals surface area (Å²) >= 11 is 0. The molecule has 0 N–H and O–H groups in total. The van der Waals surface area contributed by atoms with Gasteiger partial charge in [-0.2, -0.15) is 0 Å².